The van der Waals surface area contributed by atoms with E-state index < -0.39 is 0 Å². The van der Waals surface area contributed by atoms with Gasteiger partial charge in [0.1, 0.15) is 0 Å². The van der Waals surface area contributed by atoms with Crippen LogP contribution in [0, 0.1) is 6.92 Å². The lowest BCUT2D eigenvalue weighted by Crippen LogP contribution is -2.06. The van der Waals surface area contributed by atoms with Gasteiger partial charge in [-0.2, -0.15) is 0 Å². The molecule has 1 rings (SSSR count). The minimum absolute atomic E-state index is 0.00694. The van der Waals surface area contributed by atoms with Gasteiger partial charge in [-0.15, -0.1) is 0 Å². The summed E-state index contributed by atoms with van der Waals surface area (Å²) in [7, 11) is 0. The standard InChI is InChI=1S/C6H7NO.C2H6/c1-5-3-2-4-7-6(5)8;1-2/h2-4H,1H3,(H,7,8);1-2H3. The van der Waals surface area contributed by atoms with E-state index in [1.165, 1.54) is 0 Å². The molecule has 0 aliphatic rings. The number of rotatable bonds is 0. The van der Waals surface area contributed by atoms with Crippen LogP contribution in [0.15, 0.2) is 23.1 Å². The van der Waals surface area contributed by atoms with E-state index in [-0.39, 0.29) is 5.56 Å². The second-order valence-corrected chi connectivity index (χ2v) is 1.68. The van der Waals surface area contributed by atoms with Crippen LogP contribution in [-0.2, 0) is 0 Å². The van der Waals surface area contributed by atoms with Gasteiger partial charge < -0.3 is 4.98 Å². The van der Waals surface area contributed by atoms with Gasteiger partial charge in [0.2, 0.25) is 0 Å². The Kier molecular flexibility index (Phi) is 4.29. The molecule has 10 heavy (non-hydrogen) atoms. The van der Waals surface area contributed by atoms with Gasteiger partial charge in [-0.25, -0.2) is 0 Å². The normalized spacial score (nSPS) is 7.90. The summed E-state index contributed by atoms with van der Waals surface area (Å²) in [5.74, 6) is 0. The Balaban J connectivity index is 0.000000371. The van der Waals surface area contributed by atoms with Crippen LogP contribution in [0.4, 0.5) is 0 Å². The third-order valence-corrected chi connectivity index (χ3v) is 1.02. The van der Waals surface area contributed by atoms with Gasteiger partial charge in [-0.3, -0.25) is 4.79 Å². The van der Waals surface area contributed by atoms with Gasteiger partial charge in [-0.05, 0) is 13.0 Å². The number of hydrogen-bond donors (Lipinski definition) is 1. The summed E-state index contributed by atoms with van der Waals surface area (Å²) in [4.78, 5) is 13.1. The number of hydrogen-bond acceptors (Lipinski definition) is 1. The number of pyridine rings is 1. The highest BCUT2D eigenvalue weighted by Crippen LogP contribution is 1.81. The molecule has 0 atom stereocenters. The first-order valence-corrected chi connectivity index (χ1v) is 3.45. The molecule has 1 N–H and O–H groups in total. The van der Waals surface area contributed by atoms with E-state index in [1.807, 2.05) is 13.8 Å². The van der Waals surface area contributed by atoms with Crippen molar-refractivity contribution in [3.8, 4) is 0 Å². The van der Waals surface area contributed by atoms with Crippen LogP contribution in [-0.4, -0.2) is 4.98 Å². The Labute approximate surface area is 60.9 Å². The molecule has 1 aromatic rings. The van der Waals surface area contributed by atoms with E-state index in [9.17, 15) is 4.79 Å². The molecule has 0 unspecified atom stereocenters. The average Bonchev–Trinajstić information content (AvgIpc) is 2.00. The lowest BCUT2D eigenvalue weighted by atomic mass is 10.3. The van der Waals surface area contributed by atoms with E-state index in [0.717, 1.165) is 5.56 Å². The SMILES string of the molecule is CC.Cc1ccc[nH]c1=O. The van der Waals surface area contributed by atoms with E-state index in [4.69, 9.17) is 0 Å². The molecule has 0 spiro atoms. The minimum atomic E-state index is -0.00694. The number of H-pyrrole nitrogens is 1. The van der Waals surface area contributed by atoms with Crippen LogP contribution < -0.4 is 5.56 Å². The zero-order valence-electron chi connectivity index (χ0n) is 6.64. The molecular weight excluding hydrogens is 126 g/mol. The van der Waals surface area contributed by atoms with Crippen molar-refractivity contribution in [2.24, 2.45) is 0 Å². The van der Waals surface area contributed by atoms with E-state index in [0.29, 0.717) is 0 Å². The highest BCUT2D eigenvalue weighted by atomic mass is 16.1. The van der Waals surface area contributed by atoms with Crippen molar-refractivity contribution in [2.45, 2.75) is 20.8 Å². The fourth-order valence-electron chi connectivity index (χ4n) is 0.506. The topological polar surface area (TPSA) is 32.9 Å². The highest BCUT2D eigenvalue weighted by molar-refractivity contribution is 5.05. The molecule has 1 aromatic heterocycles. The number of aromatic amines is 1. The molecule has 0 radical (unpaired) electrons. The predicted octanol–water partition coefficient (Wildman–Crippen LogP) is 1.71. The van der Waals surface area contributed by atoms with Gasteiger partial charge in [-0.1, -0.05) is 19.9 Å². The molecule has 56 valence electrons. The number of nitrogens with one attached hydrogen (secondary N) is 1. The molecule has 0 aliphatic carbocycles. The molecule has 0 aromatic carbocycles. The Morgan fingerprint density at radius 2 is 2.00 bits per heavy atom. The monoisotopic (exact) mass is 139 g/mol. The maximum Gasteiger partial charge on any atom is 0.250 e. The lowest BCUT2D eigenvalue weighted by Gasteiger charge is -1.83. The lowest BCUT2D eigenvalue weighted by molar-refractivity contribution is 1.18. The van der Waals surface area contributed by atoms with Crippen LogP contribution in [0.3, 0.4) is 0 Å². The maximum atomic E-state index is 10.6. The molecule has 0 fully saturated rings. The van der Waals surface area contributed by atoms with Crippen LogP contribution >= 0.6 is 0 Å². The largest absolute Gasteiger partial charge is 0.329 e. The Morgan fingerprint density at radius 3 is 2.30 bits per heavy atom. The number of aromatic nitrogens is 1. The number of aryl methyl sites for hydroxylation is 1. The van der Waals surface area contributed by atoms with Crippen LogP contribution in [0.5, 0.6) is 0 Å². The van der Waals surface area contributed by atoms with Gasteiger partial charge in [0.05, 0.1) is 0 Å². The average molecular weight is 139 g/mol. The van der Waals surface area contributed by atoms with Crippen molar-refractivity contribution in [2.75, 3.05) is 0 Å². The Bertz CT molecular complexity index is 227. The molecule has 0 aliphatic heterocycles. The second kappa shape index (κ2) is 4.79. The van der Waals surface area contributed by atoms with Crippen molar-refractivity contribution in [3.63, 3.8) is 0 Å². The van der Waals surface area contributed by atoms with Crippen LogP contribution in [0.2, 0.25) is 0 Å². The van der Waals surface area contributed by atoms with Gasteiger partial charge >= 0.3 is 0 Å². The molecule has 2 heteroatoms. The molecule has 2 nitrogen and oxygen atoms in total. The molecule has 0 saturated carbocycles. The Hall–Kier alpha value is -1.05. The minimum Gasteiger partial charge on any atom is -0.329 e. The highest BCUT2D eigenvalue weighted by Gasteiger charge is 1.83. The summed E-state index contributed by atoms with van der Waals surface area (Å²) >= 11 is 0. The van der Waals surface area contributed by atoms with E-state index >= 15 is 0 Å². The zero-order valence-corrected chi connectivity index (χ0v) is 6.64. The Morgan fingerprint density at radius 1 is 1.40 bits per heavy atom. The summed E-state index contributed by atoms with van der Waals surface area (Å²) in [6.07, 6.45) is 1.62. The van der Waals surface area contributed by atoms with Crippen molar-refractivity contribution in [1.82, 2.24) is 4.98 Å². The fourth-order valence-corrected chi connectivity index (χ4v) is 0.506. The van der Waals surface area contributed by atoms with Crippen molar-refractivity contribution >= 4 is 0 Å². The first-order valence-electron chi connectivity index (χ1n) is 3.45. The molecule has 0 amide bonds. The molecular formula is C8H13NO. The first-order chi connectivity index (χ1) is 4.80. The van der Waals surface area contributed by atoms with Crippen LogP contribution in [0.25, 0.3) is 0 Å². The smallest absolute Gasteiger partial charge is 0.250 e. The summed E-state index contributed by atoms with van der Waals surface area (Å²) in [6.45, 7) is 5.78. The van der Waals surface area contributed by atoms with Gasteiger partial charge in [0.25, 0.3) is 5.56 Å². The van der Waals surface area contributed by atoms with Crippen molar-refractivity contribution in [1.29, 1.82) is 0 Å². The molecule has 1 heterocycles. The van der Waals surface area contributed by atoms with Crippen molar-refractivity contribution in [3.05, 3.63) is 34.2 Å². The second-order valence-electron chi connectivity index (χ2n) is 1.68. The maximum absolute atomic E-state index is 10.6. The fraction of sp³-hybridized carbons (Fsp3) is 0.375. The van der Waals surface area contributed by atoms with Gasteiger partial charge in [0.15, 0.2) is 0 Å². The third-order valence-electron chi connectivity index (χ3n) is 1.02. The zero-order chi connectivity index (χ0) is 7.98. The van der Waals surface area contributed by atoms with Crippen LogP contribution in [0.1, 0.15) is 19.4 Å². The van der Waals surface area contributed by atoms with Crippen molar-refractivity contribution < 1.29 is 0 Å². The third kappa shape index (κ3) is 2.49. The quantitative estimate of drug-likeness (QED) is 0.583. The summed E-state index contributed by atoms with van der Waals surface area (Å²) in [6, 6.07) is 3.58. The summed E-state index contributed by atoms with van der Waals surface area (Å²) in [5, 5.41) is 0. The predicted molar refractivity (Wildman–Crippen MR) is 43.1 cm³/mol. The van der Waals surface area contributed by atoms with Gasteiger partial charge in [0, 0.05) is 11.8 Å². The summed E-state index contributed by atoms with van der Waals surface area (Å²) < 4.78 is 0. The van der Waals surface area contributed by atoms with E-state index in [1.54, 1.807) is 25.3 Å². The van der Waals surface area contributed by atoms with E-state index in [2.05, 4.69) is 4.98 Å². The molecule has 0 saturated heterocycles. The first kappa shape index (κ1) is 8.95. The molecule has 0 bridgehead atoms. The summed E-state index contributed by atoms with van der Waals surface area (Å²) in [5.41, 5.74) is 0.750.